The molecule has 0 radical (unpaired) electrons. The molecule has 0 aliphatic rings. The number of sulfonamides is 1. The summed E-state index contributed by atoms with van der Waals surface area (Å²) in [4.78, 5) is 23.7. The highest BCUT2D eigenvalue weighted by molar-refractivity contribution is 7.89. The summed E-state index contributed by atoms with van der Waals surface area (Å²) in [6.07, 6.45) is 0.563. The van der Waals surface area contributed by atoms with Crippen molar-refractivity contribution < 1.29 is 18.0 Å². The van der Waals surface area contributed by atoms with Crippen LogP contribution in [0.4, 0.5) is 17.1 Å². The summed E-state index contributed by atoms with van der Waals surface area (Å²) in [6.45, 7) is 1.63. The van der Waals surface area contributed by atoms with Crippen molar-refractivity contribution in [2.75, 3.05) is 24.2 Å². The molecule has 0 saturated heterocycles. The van der Waals surface area contributed by atoms with E-state index >= 15 is 0 Å². The molecule has 2 N–H and O–H groups in total. The normalized spacial score (nSPS) is 11.2. The smallest absolute Gasteiger partial charge is 0.242 e. The lowest BCUT2D eigenvalue weighted by Gasteiger charge is -2.17. The standard InChI is InChI=1S/C25H27N3O4S/c1-19(29)20-10-16-24(17-11-20)33(31,32)28(2)18-6-9-25(30)27-23-14-12-22(13-15-23)26-21-7-4-3-5-8-21/h3-5,7-8,10-17,26H,6,9,18H2,1-2H3,(H,27,30). The third-order valence-corrected chi connectivity index (χ3v) is 6.95. The Bertz CT molecular complexity index is 1190. The van der Waals surface area contributed by atoms with Crippen LogP contribution in [0.2, 0.25) is 0 Å². The number of amides is 1. The van der Waals surface area contributed by atoms with Gasteiger partial charge in [0.1, 0.15) is 0 Å². The number of nitrogens with zero attached hydrogens (tertiary/aromatic N) is 1. The van der Waals surface area contributed by atoms with Gasteiger partial charge in [0.25, 0.3) is 0 Å². The molecule has 33 heavy (non-hydrogen) atoms. The van der Waals surface area contributed by atoms with Gasteiger partial charge < -0.3 is 10.6 Å². The number of para-hydroxylation sites is 1. The van der Waals surface area contributed by atoms with E-state index in [9.17, 15) is 18.0 Å². The zero-order chi connectivity index (χ0) is 23.8. The fraction of sp³-hybridized carbons (Fsp3) is 0.200. The summed E-state index contributed by atoms with van der Waals surface area (Å²) in [7, 11) is -2.21. The first-order valence-corrected chi connectivity index (χ1v) is 12.0. The van der Waals surface area contributed by atoms with E-state index in [1.54, 1.807) is 0 Å². The molecule has 0 saturated carbocycles. The highest BCUT2D eigenvalue weighted by Crippen LogP contribution is 2.19. The molecule has 0 heterocycles. The highest BCUT2D eigenvalue weighted by Gasteiger charge is 2.20. The quantitative estimate of drug-likeness (QED) is 0.424. The molecule has 8 heteroatoms. The van der Waals surface area contributed by atoms with Gasteiger partial charge in [-0.1, -0.05) is 30.3 Å². The van der Waals surface area contributed by atoms with Crippen molar-refractivity contribution in [3.63, 3.8) is 0 Å². The van der Waals surface area contributed by atoms with Crippen LogP contribution in [0.15, 0.2) is 83.8 Å². The predicted octanol–water partition coefficient (Wildman–Crippen LogP) is 4.67. The van der Waals surface area contributed by atoms with E-state index in [-0.39, 0.29) is 29.6 Å². The maximum atomic E-state index is 12.7. The fourth-order valence-corrected chi connectivity index (χ4v) is 4.38. The number of benzene rings is 3. The number of carbonyl (C=O) groups excluding carboxylic acids is 2. The minimum Gasteiger partial charge on any atom is -0.356 e. The first kappa shape index (κ1) is 24.2. The maximum Gasteiger partial charge on any atom is 0.242 e. The van der Waals surface area contributed by atoms with E-state index in [1.165, 1.54) is 42.5 Å². The molecule has 0 aromatic heterocycles. The number of carbonyl (C=O) groups is 2. The van der Waals surface area contributed by atoms with Crippen molar-refractivity contribution >= 4 is 38.8 Å². The molecule has 0 aliphatic carbocycles. The van der Waals surface area contributed by atoms with Gasteiger partial charge in [-0.25, -0.2) is 12.7 Å². The van der Waals surface area contributed by atoms with Crippen molar-refractivity contribution in [3.8, 4) is 0 Å². The van der Waals surface area contributed by atoms with E-state index in [1.807, 2.05) is 54.6 Å². The third-order valence-electron chi connectivity index (χ3n) is 5.08. The first-order valence-electron chi connectivity index (χ1n) is 10.5. The van der Waals surface area contributed by atoms with Crippen molar-refractivity contribution in [2.24, 2.45) is 0 Å². The van der Waals surface area contributed by atoms with Crippen LogP contribution in [-0.4, -0.2) is 38.0 Å². The predicted molar refractivity (Wildman–Crippen MR) is 130 cm³/mol. The van der Waals surface area contributed by atoms with E-state index in [0.717, 1.165) is 11.4 Å². The lowest BCUT2D eigenvalue weighted by Crippen LogP contribution is -2.28. The number of hydrogen-bond donors (Lipinski definition) is 2. The number of ketones is 1. The average Bonchev–Trinajstić information content (AvgIpc) is 2.81. The van der Waals surface area contributed by atoms with Gasteiger partial charge in [0, 0.05) is 42.6 Å². The lowest BCUT2D eigenvalue weighted by molar-refractivity contribution is -0.116. The SMILES string of the molecule is CC(=O)c1ccc(S(=O)(=O)N(C)CCCC(=O)Nc2ccc(Nc3ccccc3)cc2)cc1. The van der Waals surface area contributed by atoms with Crippen LogP contribution in [0.25, 0.3) is 0 Å². The van der Waals surface area contributed by atoms with Gasteiger partial charge in [0.15, 0.2) is 5.78 Å². The van der Waals surface area contributed by atoms with Crippen LogP contribution in [0.1, 0.15) is 30.1 Å². The summed E-state index contributed by atoms with van der Waals surface area (Å²) >= 11 is 0. The zero-order valence-electron chi connectivity index (χ0n) is 18.6. The highest BCUT2D eigenvalue weighted by atomic mass is 32.2. The van der Waals surface area contributed by atoms with Crippen molar-refractivity contribution in [1.82, 2.24) is 4.31 Å². The second-order valence-electron chi connectivity index (χ2n) is 7.63. The van der Waals surface area contributed by atoms with Crippen LogP contribution in [0.5, 0.6) is 0 Å². The molecule has 0 aliphatic heterocycles. The number of rotatable bonds is 10. The summed E-state index contributed by atoms with van der Waals surface area (Å²) in [5.74, 6) is -0.309. The molecule has 0 atom stereocenters. The maximum absolute atomic E-state index is 12.7. The van der Waals surface area contributed by atoms with E-state index in [0.29, 0.717) is 17.7 Å². The van der Waals surface area contributed by atoms with Gasteiger partial charge in [0.2, 0.25) is 15.9 Å². The van der Waals surface area contributed by atoms with E-state index < -0.39 is 10.0 Å². The van der Waals surface area contributed by atoms with Gasteiger partial charge in [-0.15, -0.1) is 0 Å². The molecular formula is C25H27N3O4S. The van der Waals surface area contributed by atoms with Gasteiger partial charge in [-0.3, -0.25) is 9.59 Å². The Labute approximate surface area is 194 Å². The Kier molecular flexibility index (Phi) is 7.97. The van der Waals surface area contributed by atoms with Crippen LogP contribution in [-0.2, 0) is 14.8 Å². The molecule has 3 rings (SSSR count). The molecular weight excluding hydrogens is 438 g/mol. The molecule has 3 aromatic rings. The fourth-order valence-electron chi connectivity index (χ4n) is 3.17. The van der Waals surface area contributed by atoms with Gasteiger partial charge in [-0.05, 0) is 61.9 Å². The second-order valence-corrected chi connectivity index (χ2v) is 9.67. The third kappa shape index (κ3) is 6.74. The van der Waals surface area contributed by atoms with Gasteiger partial charge in [-0.2, -0.15) is 0 Å². The topological polar surface area (TPSA) is 95.6 Å². The Morgan fingerprint density at radius 1 is 0.818 bits per heavy atom. The van der Waals surface area contributed by atoms with Crippen LogP contribution in [0.3, 0.4) is 0 Å². The van der Waals surface area contributed by atoms with Crippen LogP contribution in [0, 0.1) is 0 Å². The van der Waals surface area contributed by atoms with Crippen molar-refractivity contribution in [3.05, 3.63) is 84.4 Å². The second kappa shape index (κ2) is 10.9. The summed E-state index contributed by atoms with van der Waals surface area (Å²) in [6, 6.07) is 23.0. The van der Waals surface area contributed by atoms with Crippen molar-refractivity contribution in [2.45, 2.75) is 24.7 Å². The molecule has 3 aromatic carbocycles. The van der Waals surface area contributed by atoms with E-state index in [2.05, 4.69) is 10.6 Å². The molecule has 0 fully saturated rings. The molecule has 0 unspecified atom stereocenters. The molecule has 7 nitrogen and oxygen atoms in total. The minimum absolute atomic E-state index is 0.114. The Morgan fingerprint density at radius 2 is 1.39 bits per heavy atom. The molecule has 1 amide bonds. The van der Waals surface area contributed by atoms with E-state index in [4.69, 9.17) is 0 Å². The Morgan fingerprint density at radius 3 is 2.00 bits per heavy atom. The van der Waals surface area contributed by atoms with Crippen molar-refractivity contribution in [1.29, 1.82) is 0 Å². The molecule has 0 bridgehead atoms. The zero-order valence-corrected chi connectivity index (χ0v) is 19.4. The number of Topliss-reactive ketones (excluding diaryl/α,β-unsaturated/α-hetero) is 1. The summed E-state index contributed by atoms with van der Waals surface area (Å²) < 4.78 is 26.6. The molecule has 172 valence electrons. The number of nitrogens with one attached hydrogen (secondary N) is 2. The number of hydrogen-bond acceptors (Lipinski definition) is 5. The Balaban J connectivity index is 1.47. The van der Waals surface area contributed by atoms with Gasteiger partial charge in [0.05, 0.1) is 4.90 Å². The lowest BCUT2D eigenvalue weighted by atomic mass is 10.2. The summed E-state index contributed by atoms with van der Waals surface area (Å²) in [5, 5.41) is 6.10. The average molecular weight is 466 g/mol. The van der Waals surface area contributed by atoms with Gasteiger partial charge >= 0.3 is 0 Å². The number of anilines is 3. The monoisotopic (exact) mass is 465 g/mol. The first-order chi connectivity index (χ1) is 15.8. The van der Waals surface area contributed by atoms with Crippen LogP contribution >= 0.6 is 0 Å². The Hall–Kier alpha value is -3.49. The largest absolute Gasteiger partial charge is 0.356 e. The summed E-state index contributed by atoms with van der Waals surface area (Å²) in [5.41, 5.74) is 3.01. The molecule has 0 spiro atoms. The van der Waals surface area contributed by atoms with Crippen LogP contribution < -0.4 is 10.6 Å². The minimum atomic E-state index is -3.69.